The maximum absolute atomic E-state index is 12.8. The maximum atomic E-state index is 12.8. The lowest BCUT2D eigenvalue weighted by atomic mass is 9.98. The Kier molecular flexibility index (Phi) is 6.34. The van der Waals surface area contributed by atoms with Crippen LogP contribution in [0.1, 0.15) is 72.0 Å². The molecule has 2 N–H and O–H groups in total. The van der Waals surface area contributed by atoms with E-state index in [0.29, 0.717) is 11.4 Å². The number of fused-ring (bicyclic) bond motifs is 3. The summed E-state index contributed by atoms with van der Waals surface area (Å²) in [7, 11) is 0. The van der Waals surface area contributed by atoms with Crippen LogP contribution in [0.5, 0.6) is 0 Å². The van der Waals surface area contributed by atoms with Gasteiger partial charge in [-0.3, -0.25) is 19.1 Å². The van der Waals surface area contributed by atoms with Crippen molar-refractivity contribution in [2.45, 2.75) is 59.6 Å². The van der Waals surface area contributed by atoms with E-state index in [0.717, 1.165) is 38.1 Å². The summed E-state index contributed by atoms with van der Waals surface area (Å²) in [6.45, 7) is 11.6. The lowest BCUT2D eigenvalue weighted by Crippen LogP contribution is -2.25. The van der Waals surface area contributed by atoms with Crippen LogP contribution in [0.2, 0.25) is 0 Å². The smallest absolute Gasteiger partial charge is 0.308 e. The van der Waals surface area contributed by atoms with E-state index in [1.807, 2.05) is 56.5 Å². The van der Waals surface area contributed by atoms with E-state index < -0.39 is 17.6 Å². The van der Waals surface area contributed by atoms with Gasteiger partial charge >= 0.3 is 5.97 Å². The van der Waals surface area contributed by atoms with Gasteiger partial charge in [0, 0.05) is 21.6 Å². The third-order valence-corrected chi connectivity index (χ3v) is 6.70. The van der Waals surface area contributed by atoms with Gasteiger partial charge in [-0.15, -0.1) is 21.5 Å². The Hall–Kier alpha value is -3.77. The summed E-state index contributed by atoms with van der Waals surface area (Å²) in [4.78, 5) is 30.0. The molecule has 1 aliphatic rings. The fraction of sp³-hybridized carbons (Fsp3) is 0.346. The van der Waals surface area contributed by atoms with Gasteiger partial charge in [0.1, 0.15) is 22.5 Å². The largest absolute Gasteiger partial charge is 0.460 e. The molecule has 1 atom stereocenters. The van der Waals surface area contributed by atoms with Gasteiger partial charge in [-0.2, -0.15) is 0 Å². The molecule has 0 aliphatic carbocycles. The molecule has 3 heterocycles. The number of hydrogen-bond donors (Lipinski definition) is 1. The first-order valence-corrected chi connectivity index (χ1v) is 12.0. The third kappa shape index (κ3) is 5.03. The highest BCUT2D eigenvalue weighted by Crippen LogP contribution is 2.39. The highest BCUT2D eigenvalue weighted by atomic mass is 32.1. The number of aryl methyl sites for hydroxylation is 2. The Morgan fingerprint density at radius 2 is 1.83 bits per heavy atom. The molecule has 1 aromatic carbocycles. The van der Waals surface area contributed by atoms with Crippen LogP contribution in [0.4, 0.5) is 0 Å². The lowest BCUT2D eigenvalue weighted by Gasteiger charge is -2.21. The highest BCUT2D eigenvalue weighted by molar-refractivity contribution is 7.15. The first-order valence-electron chi connectivity index (χ1n) is 11.2. The monoisotopic (exact) mass is 489 g/mol. The molecule has 2 aromatic heterocycles. The molecule has 0 fully saturated rings. The van der Waals surface area contributed by atoms with Gasteiger partial charge in [0.15, 0.2) is 5.82 Å². The average molecular weight is 490 g/mol. The van der Waals surface area contributed by atoms with E-state index in [2.05, 4.69) is 35.9 Å². The SMILES string of the molecule is Cc1sc2c(c1C)C(c1ccc(C#CC(N)=O)cc1)=N[C@@H](CC(=O)OC(C)(C)C)c1nnc(C)n1-2. The zero-order valence-corrected chi connectivity index (χ0v) is 21.4. The lowest BCUT2D eigenvalue weighted by molar-refractivity contribution is -0.155. The molecule has 9 heteroatoms. The molecule has 0 radical (unpaired) electrons. The number of carbonyl (C=O) groups is 2. The Morgan fingerprint density at radius 3 is 2.46 bits per heavy atom. The average Bonchev–Trinajstić information content (AvgIpc) is 3.24. The second-order valence-electron chi connectivity index (χ2n) is 9.38. The Balaban J connectivity index is 1.87. The van der Waals surface area contributed by atoms with Crippen LogP contribution >= 0.6 is 11.3 Å². The number of carbonyl (C=O) groups excluding carboxylic acids is 2. The van der Waals surface area contributed by atoms with E-state index in [9.17, 15) is 9.59 Å². The van der Waals surface area contributed by atoms with E-state index in [1.165, 1.54) is 0 Å². The fourth-order valence-electron chi connectivity index (χ4n) is 3.91. The van der Waals surface area contributed by atoms with Crippen molar-refractivity contribution in [2.24, 2.45) is 10.7 Å². The minimum atomic E-state index is -0.681. The van der Waals surface area contributed by atoms with Gasteiger partial charge in [-0.1, -0.05) is 18.1 Å². The number of aliphatic imine (C=N–C) groups is 1. The summed E-state index contributed by atoms with van der Waals surface area (Å²) < 4.78 is 7.59. The molecule has 3 aromatic rings. The van der Waals surface area contributed by atoms with Gasteiger partial charge in [0.25, 0.3) is 5.91 Å². The first-order chi connectivity index (χ1) is 16.4. The quantitative estimate of drug-likeness (QED) is 0.445. The zero-order valence-electron chi connectivity index (χ0n) is 20.6. The van der Waals surface area contributed by atoms with Crippen molar-refractivity contribution in [1.82, 2.24) is 14.8 Å². The second kappa shape index (κ2) is 9.12. The van der Waals surface area contributed by atoms with Crippen LogP contribution in [-0.2, 0) is 14.3 Å². The minimum Gasteiger partial charge on any atom is -0.460 e. The molecular weight excluding hydrogens is 462 g/mol. The minimum absolute atomic E-state index is 0.0358. The Bertz CT molecular complexity index is 1410. The first kappa shape index (κ1) is 24.4. The molecule has 1 aliphatic heterocycles. The fourth-order valence-corrected chi connectivity index (χ4v) is 5.12. The summed E-state index contributed by atoms with van der Waals surface area (Å²) in [6.07, 6.45) is 0.0358. The Morgan fingerprint density at radius 1 is 1.14 bits per heavy atom. The van der Waals surface area contributed by atoms with Crippen LogP contribution in [0, 0.1) is 32.6 Å². The van der Waals surface area contributed by atoms with Gasteiger partial charge in [0.05, 0.1) is 12.1 Å². The summed E-state index contributed by atoms with van der Waals surface area (Å²) in [5, 5.41) is 9.68. The van der Waals surface area contributed by atoms with E-state index in [-0.39, 0.29) is 12.4 Å². The van der Waals surface area contributed by atoms with E-state index in [4.69, 9.17) is 15.5 Å². The number of benzene rings is 1. The van der Waals surface area contributed by atoms with E-state index >= 15 is 0 Å². The molecular formula is C26H27N5O3S. The number of ether oxygens (including phenoxy) is 1. The molecule has 4 rings (SSSR count). The van der Waals surface area contributed by atoms with Crippen molar-refractivity contribution in [1.29, 1.82) is 0 Å². The summed E-state index contributed by atoms with van der Waals surface area (Å²) in [5.74, 6) is 5.40. The molecule has 0 spiro atoms. The van der Waals surface area contributed by atoms with Gasteiger partial charge in [-0.25, -0.2) is 0 Å². The van der Waals surface area contributed by atoms with Crippen molar-refractivity contribution < 1.29 is 14.3 Å². The van der Waals surface area contributed by atoms with Gasteiger partial charge in [0.2, 0.25) is 0 Å². The van der Waals surface area contributed by atoms with E-state index in [1.54, 1.807) is 11.3 Å². The summed E-state index contributed by atoms with van der Waals surface area (Å²) in [5.41, 5.74) is 8.91. The van der Waals surface area contributed by atoms with Crippen LogP contribution in [-0.4, -0.2) is 38.0 Å². The van der Waals surface area contributed by atoms with Crippen LogP contribution in [0.3, 0.4) is 0 Å². The number of nitrogens with two attached hydrogens (primary N) is 1. The predicted molar refractivity (Wildman–Crippen MR) is 135 cm³/mol. The van der Waals surface area contributed by atoms with Crippen molar-refractivity contribution in [3.63, 3.8) is 0 Å². The molecule has 0 saturated heterocycles. The number of primary amides is 1. The highest BCUT2D eigenvalue weighted by Gasteiger charge is 2.33. The maximum Gasteiger partial charge on any atom is 0.308 e. The number of thiophene rings is 1. The normalized spacial score (nSPS) is 14.7. The molecule has 0 unspecified atom stereocenters. The molecule has 180 valence electrons. The third-order valence-electron chi connectivity index (χ3n) is 5.51. The molecule has 0 saturated carbocycles. The van der Waals surface area contributed by atoms with Gasteiger partial charge in [-0.05, 0) is 65.2 Å². The standard InChI is InChI=1S/C26H27N5O3S/c1-14-15(2)35-25-22(14)23(18-10-7-17(8-11-18)9-12-20(27)32)28-19(13-21(33)34-26(4,5)6)24-30-29-16(3)31(24)25/h7-8,10-11,19H,13H2,1-6H3,(H2,27,32)/t19-/m0/s1. The molecule has 1 amide bonds. The summed E-state index contributed by atoms with van der Waals surface area (Å²) >= 11 is 1.65. The number of nitrogens with zero attached hydrogens (tertiary/aromatic N) is 4. The number of rotatable bonds is 3. The van der Waals surface area contributed by atoms with Crippen molar-refractivity contribution >= 4 is 28.9 Å². The molecule has 8 nitrogen and oxygen atoms in total. The Labute approximate surface area is 208 Å². The zero-order chi connectivity index (χ0) is 25.5. The molecule has 0 bridgehead atoms. The van der Waals surface area contributed by atoms with Crippen molar-refractivity contribution in [3.8, 4) is 16.8 Å². The van der Waals surface area contributed by atoms with Crippen molar-refractivity contribution in [2.75, 3.05) is 0 Å². The number of aromatic nitrogens is 3. The topological polar surface area (TPSA) is 112 Å². The molecule has 35 heavy (non-hydrogen) atoms. The van der Waals surface area contributed by atoms with Crippen LogP contribution in [0.15, 0.2) is 29.3 Å². The van der Waals surface area contributed by atoms with Crippen molar-refractivity contribution in [3.05, 3.63) is 63.0 Å². The second-order valence-corrected chi connectivity index (χ2v) is 10.6. The number of esters is 1. The predicted octanol–water partition coefficient (Wildman–Crippen LogP) is 3.71. The van der Waals surface area contributed by atoms with Crippen LogP contribution < -0.4 is 5.73 Å². The number of amides is 1. The van der Waals surface area contributed by atoms with Gasteiger partial charge < -0.3 is 10.5 Å². The number of hydrogen-bond acceptors (Lipinski definition) is 7. The van der Waals surface area contributed by atoms with Crippen LogP contribution in [0.25, 0.3) is 5.00 Å². The summed E-state index contributed by atoms with van der Waals surface area (Å²) in [6, 6.07) is 6.88.